The van der Waals surface area contributed by atoms with Crippen LogP contribution in [0.2, 0.25) is 0 Å². The van der Waals surface area contributed by atoms with Crippen molar-refractivity contribution in [2.24, 2.45) is 4.99 Å². The lowest BCUT2D eigenvalue weighted by atomic mass is 9.93. The fraction of sp³-hybridized carbons (Fsp3) is 0.500. The van der Waals surface area contributed by atoms with Gasteiger partial charge in [0.05, 0.1) is 31.6 Å². The van der Waals surface area contributed by atoms with Crippen molar-refractivity contribution in [2.75, 3.05) is 38.0 Å². The fourth-order valence-corrected chi connectivity index (χ4v) is 6.37. The first-order chi connectivity index (χ1) is 15.2. The molecule has 164 valence electrons. The monoisotopic (exact) mass is 438 g/mol. The molecule has 0 bridgehead atoms. The summed E-state index contributed by atoms with van der Waals surface area (Å²) in [5, 5.41) is 1.12. The van der Waals surface area contributed by atoms with E-state index in [1.807, 2.05) is 30.1 Å². The largest absolute Gasteiger partial charge is 0.496 e. The predicted octanol–water partition coefficient (Wildman–Crippen LogP) is 4.68. The zero-order valence-corrected chi connectivity index (χ0v) is 19.3. The molecular formula is C24H30N4O2S. The summed E-state index contributed by atoms with van der Waals surface area (Å²) >= 11 is 1.86. The van der Waals surface area contributed by atoms with Gasteiger partial charge in [-0.1, -0.05) is 24.8 Å². The van der Waals surface area contributed by atoms with Crippen LogP contribution in [0.25, 0.3) is 0 Å². The highest BCUT2D eigenvalue weighted by Crippen LogP contribution is 2.52. The summed E-state index contributed by atoms with van der Waals surface area (Å²) in [7, 11) is 3.53. The zero-order valence-electron chi connectivity index (χ0n) is 18.5. The first kappa shape index (κ1) is 20.5. The van der Waals surface area contributed by atoms with Crippen molar-refractivity contribution in [3.63, 3.8) is 0 Å². The smallest absolute Gasteiger partial charge is 0.160 e. The van der Waals surface area contributed by atoms with E-state index in [1.54, 1.807) is 14.2 Å². The summed E-state index contributed by atoms with van der Waals surface area (Å²) in [6.07, 6.45) is 5.38. The van der Waals surface area contributed by atoms with Crippen LogP contribution >= 0.6 is 11.8 Å². The highest BCUT2D eigenvalue weighted by Gasteiger charge is 2.46. The number of fused-ring (bicyclic) bond motifs is 1. The number of rotatable bonds is 6. The van der Waals surface area contributed by atoms with Gasteiger partial charge in [0.1, 0.15) is 17.5 Å². The Hall–Kier alpha value is -2.41. The second kappa shape index (κ2) is 8.61. The molecule has 2 saturated heterocycles. The Kier molecular flexibility index (Phi) is 5.69. The third kappa shape index (κ3) is 3.53. The van der Waals surface area contributed by atoms with E-state index in [-0.39, 0.29) is 12.1 Å². The lowest BCUT2D eigenvalue weighted by molar-refractivity contribution is 0.248. The molecule has 31 heavy (non-hydrogen) atoms. The van der Waals surface area contributed by atoms with Crippen LogP contribution in [0.3, 0.4) is 0 Å². The Morgan fingerprint density at radius 2 is 1.90 bits per heavy atom. The highest BCUT2D eigenvalue weighted by molar-refractivity contribution is 8.14. The van der Waals surface area contributed by atoms with Crippen molar-refractivity contribution in [1.82, 2.24) is 9.88 Å². The standard InChI is InChI=1S/C24H30N4O2S/c1-4-16-15-31-24-26-22(18-9-5-6-10-25-18)23(28(16)24)17-13-21(30-3)19(14-20(17)29-2)27-11-7-8-12-27/h5-6,9-10,13-14,16,22-23H,4,7-8,11-12,15H2,1-3H3. The molecule has 2 aromatic rings. The van der Waals surface area contributed by atoms with Crippen LogP contribution in [-0.4, -0.2) is 54.2 Å². The van der Waals surface area contributed by atoms with Crippen LogP contribution in [0.4, 0.5) is 5.69 Å². The Balaban J connectivity index is 1.63. The van der Waals surface area contributed by atoms with E-state index >= 15 is 0 Å². The Morgan fingerprint density at radius 3 is 2.58 bits per heavy atom. The van der Waals surface area contributed by atoms with Gasteiger partial charge in [-0.15, -0.1) is 0 Å². The molecule has 3 atom stereocenters. The Bertz CT molecular complexity index is 962. The van der Waals surface area contributed by atoms with Gasteiger partial charge >= 0.3 is 0 Å². The highest BCUT2D eigenvalue weighted by atomic mass is 32.2. The van der Waals surface area contributed by atoms with Gasteiger partial charge in [0, 0.05) is 42.7 Å². The number of hydrogen-bond donors (Lipinski definition) is 0. The Labute approximate surface area is 188 Å². The summed E-state index contributed by atoms with van der Waals surface area (Å²) in [6.45, 7) is 4.38. The number of anilines is 1. The van der Waals surface area contributed by atoms with Crippen LogP contribution in [0.1, 0.15) is 49.5 Å². The van der Waals surface area contributed by atoms with Gasteiger partial charge in [0.15, 0.2) is 5.17 Å². The van der Waals surface area contributed by atoms with Crippen molar-refractivity contribution in [1.29, 1.82) is 0 Å². The lowest BCUT2D eigenvalue weighted by Crippen LogP contribution is -2.35. The van der Waals surface area contributed by atoms with E-state index < -0.39 is 0 Å². The minimum absolute atomic E-state index is 0.0429. The van der Waals surface area contributed by atoms with Gasteiger partial charge in [0.2, 0.25) is 0 Å². The van der Waals surface area contributed by atoms with Crippen LogP contribution in [0.15, 0.2) is 41.5 Å². The predicted molar refractivity (Wildman–Crippen MR) is 127 cm³/mol. The summed E-state index contributed by atoms with van der Waals surface area (Å²) in [4.78, 5) is 14.7. The molecule has 1 aromatic carbocycles. The molecule has 7 heteroatoms. The Morgan fingerprint density at radius 1 is 1.10 bits per heavy atom. The quantitative estimate of drug-likeness (QED) is 0.653. The number of benzene rings is 1. The number of methoxy groups -OCH3 is 2. The second-order valence-electron chi connectivity index (χ2n) is 8.30. The molecule has 2 fully saturated rings. The second-order valence-corrected chi connectivity index (χ2v) is 9.28. The van der Waals surface area contributed by atoms with Crippen LogP contribution in [0, 0.1) is 0 Å². The molecule has 3 aliphatic rings. The van der Waals surface area contributed by atoms with Crippen LogP contribution < -0.4 is 14.4 Å². The summed E-state index contributed by atoms with van der Waals surface area (Å²) < 4.78 is 11.9. The first-order valence-electron chi connectivity index (χ1n) is 11.2. The summed E-state index contributed by atoms with van der Waals surface area (Å²) in [5.74, 6) is 2.88. The number of thioether (sulfide) groups is 1. The van der Waals surface area contributed by atoms with Gasteiger partial charge in [0.25, 0.3) is 0 Å². The molecule has 0 spiro atoms. The molecule has 3 unspecified atom stereocenters. The molecule has 0 saturated carbocycles. The molecule has 1 aromatic heterocycles. The van der Waals surface area contributed by atoms with Gasteiger partial charge < -0.3 is 19.3 Å². The van der Waals surface area contributed by atoms with Crippen molar-refractivity contribution in [2.45, 2.75) is 44.3 Å². The van der Waals surface area contributed by atoms with Gasteiger partial charge in [-0.3, -0.25) is 9.98 Å². The molecule has 0 N–H and O–H groups in total. The normalized spacial score (nSPS) is 25.0. The zero-order chi connectivity index (χ0) is 21.4. The summed E-state index contributed by atoms with van der Waals surface area (Å²) in [5.41, 5.74) is 3.24. The molecular weight excluding hydrogens is 408 g/mol. The van der Waals surface area contributed by atoms with Crippen molar-refractivity contribution >= 4 is 22.6 Å². The van der Waals surface area contributed by atoms with Crippen molar-refractivity contribution < 1.29 is 9.47 Å². The van der Waals surface area contributed by atoms with Gasteiger partial charge in [-0.2, -0.15) is 0 Å². The summed E-state index contributed by atoms with van der Waals surface area (Å²) in [6, 6.07) is 10.9. The topological polar surface area (TPSA) is 50.2 Å². The number of aromatic nitrogens is 1. The minimum atomic E-state index is -0.0608. The number of amidine groups is 1. The molecule has 0 amide bonds. The molecule has 3 aliphatic heterocycles. The van der Waals surface area contributed by atoms with Crippen molar-refractivity contribution in [3.8, 4) is 11.5 Å². The van der Waals surface area contributed by atoms with E-state index in [0.29, 0.717) is 6.04 Å². The fourth-order valence-electron chi connectivity index (χ4n) is 5.03. The van der Waals surface area contributed by atoms with E-state index in [1.165, 1.54) is 12.8 Å². The van der Waals surface area contributed by atoms with E-state index in [4.69, 9.17) is 14.5 Å². The third-order valence-electron chi connectivity index (χ3n) is 6.63. The maximum absolute atomic E-state index is 5.97. The third-order valence-corrected chi connectivity index (χ3v) is 7.75. The maximum atomic E-state index is 5.97. The van der Waals surface area contributed by atoms with E-state index in [9.17, 15) is 0 Å². The molecule has 4 heterocycles. The number of ether oxygens (including phenoxy) is 2. The average Bonchev–Trinajstić information content (AvgIpc) is 3.55. The number of pyridine rings is 1. The van der Waals surface area contributed by atoms with Gasteiger partial charge in [-0.25, -0.2) is 0 Å². The van der Waals surface area contributed by atoms with Gasteiger partial charge in [-0.05, 0) is 37.5 Å². The number of hydrogen-bond acceptors (Lipinski definition) is 7. The maximum Gasteiger partial charge on any atom is 0.160 e. The first-order valence-corrected chi connectivity index (χ1v) is 12.1. The number of aliphatic imine (C=N–C) groups is 1. The average molecular weight is 439 g/mol. The molecule has 0 radical (unpaired) electrons. The SMILES string of the molecule is CCC1CSC2=NC(c3ccccn3)C(c3cc(OC)c(N4CCCC4)cc3OC)N21. The van der Waals surface area contributed by atoms with Crippen molar-refractivity contribution in [3.05, 3.63) is 47.8 Å². The molecule has 5 rings (SSSR count). The van der Waals surface area contributed by atoms with Crippen LogP contribution in [0.5, 0.6) is 11.5 Å². The molecule has 6 nitrogen and oxygen atoms in total. The van der Waals surface area contributed by atoms with Crippen LogP contribution in [-0.2, 0) is 0 Å². The lowest BCUT2D eigenvalue weighted by Gasteiger charge is -2.33. The van der Waals surface area contributed by atoms with E-state index in [2.05, 4.69) is 39.9 Å². The molecule has 0 aliphatic carbocycles. The minimum Gasteiger partial charge on any atom is -0.496 e. The van der Waals surface area contributed by atoms with E-state index in [0.717, 1.165) is 58.9 Å². The number of nitrogens with zero attached hydrogens (tertiary/aromatic N) is 4.